The summed E-state index contributed by atoms with van der Waals surface area (Å²) < 4.78 is 48.6. The largest absolute Gasteiger partial charge is 0.496 e. The molecule has 1 saturated heterocycles. The quantitative estimate of drug-likeness (QED) is 0.148. The van der Waals surface area contributed by atoms with E-state index in [1.807, 2.05) is 13.8 Å². The number of ether oxygens (including phenoxy) is 6. The molecule has 1 saturated carbocycles. The molecule has 3 rings (SSSR count). The SMILES string of the molecule is COCCOCO[C@@]1(CC=O)[C@@H](O[Si](C)(C)C(C)(C)C)C[C@H]2C[C@]1(Cc1cc(OC)cc(=O)o1)OC(C)(C)O2. The predicted molar refractivity (Wildman–Crippen MR) is 146 cm³/mol. The molecule has 1 aliphatic carbocycles. The summed E-state index contributed by atoms with van der Waals surface area (Å²) in [5, 5.41) is -0.102. The Morgan fingerprint density at radius 1 is 1.15 bits per heavy atom. The zero-order valence-electron chi connectivity index (χ0n) is 24.9. The zero-order valence-corrected chi connectivity index (χ0v) is 25.9. The monoisotopic (exact) mass is 570 g/mol. The van der Waals surface area contributed by atoms with Crippen molar-refractivity contribution in [1.29, 1.82) is 0 Å². The van der Waals surface area contributed by atoms with E-state index in [4.69, 9.17) is 37.3 Å². The molecule has 2 bridgehead atoms. The van der Waals surface area contributed by atoms with Gasteiger partial charge in [-0.3, -0.25) is 0 Å². The van der Waals surface area contributed by atoms with Crippen LogP contribution >= 0.6 is 0 Å². The van der Waals surface area contributed by atoms with E-state index >= 15 is 0 Å². The van der Waals surface area contributed by atoms with Crippen LogP contribution in [0.4, 0.5) is 0 Å². The number of carbonyl (C=O) groups excluding carboxylic acids is 1. The van der Waals surface area contributed by atoms with Gasteiger partial charge in [-0.25, -0.2) is 4.79 Å². The van der Waals surface area contributed by atoms with Crippen LogP contribution in [-0.2, 0) is 39.3 Å². The molecule has 1 aliphatic heterocycles. The highest BCUT2D eigenvalue weighted by Crippen LogP contribution is 2.55. The van der Waals surface area contributed by atoms with Gasteiger partial charge >= 0.3 is 5.63 Å². The van der Waals surface area contributed by atoms with Crippen molar-refractivity contribution in [3.63, 3.8) is 0 Å². The first-order valence-electron chi connectivity index (χ1n) is 13.5. The average molecular weight is 571 g/mol. The second kappa shape index (κ2) is 12.1. The molecule has 0 N–H and O–H groups in total. The van der Waals surface area contributed by atoms with E-state index < -0.39 is 37.0 Å². The Morgan fingerprint density at radius 3 is 2.49 bits per heavy atom. The number of fused-ring (bicyclic) bond motifs is 2. The van der Waals surface area contributed by atoms with Crippen LogP contribution in [0, 0.1) is 0 Å². The molecule has 1 aromatic rings. The topological polar surface area (TPSA) is 112 Å². The summed E-state index contributed by atoms with van der Waals surface area (Å²) in [5.74, 6) is -0.281. The molecule has 0 aromatic carbocycles. The van der Waals surface area contributed by atoms with E-state index in [0.717, 1.165) is 6.29 Å². The molecule has 11 heteroatoms. The van der Waals surface area contributed by atoms with Crippen molar-refractivity contribution < 1.29 is 42.1 Å². The highest BCUT2D eigenvalue weighted by Gasteiger charge is 2.67. The summed E-state index contributed by atoms with van der Waals surface area (Å²) in [6.45, 7) is 15.1. The Bertz CT molecular complexity index is 1030. The molecule has 39 heavy (non-hydrogen) atoms. The third-order valence-corrected chi connectivity index (χ3v) is 12.7. The van der Waals surface area contributed by atoms with E-state index in [9.17, 15) is 9.59 Å². The zero-order chi connectivity index (χ0) is 29.1. The Labute approximate surface area is 232 Å². The number of carbonyl (C=O) groups is 1. The van der Waals surface area contributed by atoms with Gasteiger partial charge in [0.05, 0.1) is 38.6 Å². The molecule has 222 valence electrons. The maximum atomic E-state index is 12.4. The van der Waals surface area contributed by atoms with Crippen molar-refractivity contribution in [2.24, 2.45) is 0 Å². The van der Waals surface area contributed by atoms with Crippen LogP contribution in [-0.4, -0.2) is 78.0 Å². The van der Waals surface area contributed by atoms with Crippen molar-refractivity contribution in [2.45, 2.75) is 108 Å². The molecular formula is C28H46O10Si. The molecule has 2 aliphatic rings. The fourth-order valence-electron chi connectivity index (χ4n) is 5.46. The van der Waals surface area contributed by atoms with E-state index in [0.29, 0.717) is 37.6 Å². The lowest BCUT2D eigenvalue weighted by atomic mass is 9.64. The number of hydrogen-bond acceptors (Lipinski definition) is 10. The van der Waals surface area contributed by atoms with E-state index in [1.165, 1.54) is 13.2 Å². The molecule has 4 atom stereocenters. The number of hydrogen-bond donors (Lipinski definition) is 0. The van der Waals surface area contributed by atoms with Gasteiger partial charge in [0, 0.05) is 38.9 Å². The van der Waals surface area contributed by atoms with Crippen LogP contribution in [0.2, 0.25) is 18.1 Å². The van der Waals surface area contributed by atoms with Crippen molar-refractivity contribution in [2.75, 3.05) is 34.2 Å². The molecule has 10 nitrogen and oxygen atoms in total. The molecule has 0 spiro atoms. The van der Waals surface area contributed by atoms with E-state index in [-0.39, 0.29) is 30.8 Å². The molecule has 0 unspecified atom stereocenters. The molecular weight excluding hydrogens is 524 g/mol. The maximum Gasteiger partial charge on any atom is 0.339 e. The maximum absolute atomic E-state index is 12.4. The lowest BCUT2D eigenvalue weighted by Gasteiger charge is -2.63. The van der Waals surface area contributed by atoms with Gasteiger partial charge in [0.1, 0.15) is 35.8 Å². The van der Waals surface area contributed by atoms with Crippen molar-refractivity contribution >= 4 is 14.6 Å². The van der Waals surface area contributed by atoms with Crippen LogP contribution in [0.1, 0.15) is 59.6 Å². The standard InChI is InChI=1S/C28H46O10Si/c1-25(2,3)39(8,9)37-23-15-22-18-27(38-26(4,5)36-22,17-21-14-20(32-7)16-24(30)35-21)28(23,10-11-29)34-19-33-13-12-31-6/h11,14,16,22-23H,10,12-13,15,17-19H2,1-9H3/t22-,23-,27-,28-/m0/s1. The third kappa shape index (κ3) is 7.01. The lowest BCUT2D eigenvalue weighted by Crippen LogP contribution is -2.75. The highest BCUT2D eigenvalue weighted by molar-refractivity contribution is 6.74. The van der Waals surface area contributed by atoms with Gasteiger partial charge in [0.25, 0.3) is 0 Å². The summed E-state index contributed by atoms with van der Waals surface area (Å²) in [5.41, 5.74) is -2.96. The second-order valence-electron chi connectivity index (χ2n) is 12.4. The molecule has 2 fully saturated rings. The van der Waals surface area contributed by atoms with Gasteiger partial charge < -0.3 is 42.1 Å². The van der Waals surface area contributed by atoms with Gasteiger partial charge in [0.2, 0.25) is 0 Å². The summed E-state index contributed by atoms with van der Waals surface area (Å²) in [6, 6.07) is 2.94. The first kappa shape index (κ1) is 31.9. The van der Waals surface area contributed by atoms with Crippen molar-refractivity contribution in [3.8, 4) is 5.75 Å². The summed E-state index contributed by atoms with van der Waals surface area (Å²) >= 11 is 0. The highest BCUT2D eigenvalue weighted by atomic mass is 28.4. The third-order valence-electron chi connectivity index (χ3n) is 8.17. The normalized spacial score (nSPS) is 28.7. The molecule has 2 heterocycles. The summed E-state index contributed by atoms with van der Waals surface area (Å²) in [6.07, 6.45) is 1.08. The Balaban J connectivity index is 2.18. The van der Waals surface area contributed by atoms with Crippen molar-refractivity contribution in [3.05, 3.63) is 28.3 Å². The smallest absolute Gasteiger partial charge is 0.339 e. The van der Waals surface area contributed by atoms with E-state index in [1.54, 1.807) is 13.2 Å². The van der Waals surface area contributed by atoms with Crippen LogP contribution in [0.5, 0.6) is 5.75 Å². The van der Waals surface area contributed by atoms with Crippen LogP contribution in [0.25, 0.3) is 0 Å². The minimum atomic E-state index is -2.36. The van der Waals surface area contributed by atoms with Gasteiger partial charge in [-0.15, -0.1) is 0 Å². The molecule has 1 aromatic heterocycles. The fraction of sp³-hybridized carbons (Fsp3) is 0.786. The summed E-state index contributed by atoms with van der Waals surface area (Å²) in [4.78, 5) is 24.8. The second-order valence-corrected chi connectivity index (χ2v) is 17.2. The number of rotatable bonds is 13. The Hall–Kier alpha value is -1.60. The van der Waals surface area contributed by atoms with Gasteiger partial charge in [0.15, 0.2) is 14.1 Å². The first-order chi connectivity index (χ1) is 18.1. The summed E-state index contributed by atoms with van der Waals surface area (Å²) in [7, 11) is 0.719. The fourth-order valence-corrected chi connectivity index (χ4v) is 6.81. The minimum Gasteiger partial charge on any atom is -0.496 e. The lowest BCUT2D eigenvalue weighted by molar-refractivity contribution is -0.408. The molecule has 0 radical (unpaired) electrons. The predicted octanol–water partition coefficient (Wildman–Crippen LogP) is 4.23. The number of aldehydes is 1. The van der Waals surface area contributed by atoms with Gasteiger partial charge in [-0.05, 0) is 32.0 Å². The Morgan fingerprint density at radius 2 is 1.87 bits per heavy atom. The van der Waals surface area contributed by atoms with Gasteiger partial charge in [-0.2, -0.15) is 0 Å². The van der Waals surface area contributed by atoms with Crippen molar-refractivity contribution in [1.82, 2.24) is 0 Å². The molecule has 0 amide bonds. The average Bonchev–Trinajstić information content (AvgIpc) is 2.79. The van der Waals surface area contributed by atoms with Crippen LogP contribution < -0.4 is 10.4 Å². The van der Waals surface area contributed by atoms with Crippen LogP contribution in [0.15, 0.2) is 21.3 Å². The van der Waals surface area contributed by atoms with E-state index in [2.05, 4.69) is 33.9 Å². The van der Waals surface area contributed by atoms with Gasteiger partial charge in [-0.1, -0.05) is 20.8 Å². The minimum absolute atomic E-state index is 0.0169. The van der Waals surface area contributed by atoms with Crippen LogP contribution in [0.3, 0.4) is 0 Å². The Kier molecular flexibility index (Phi) is 9.90. The number of methoxy groups -OCH3 is 2. The first-order valence-corrected chi connectivity index (χ1v) is 16.4.